The highest BCUT2D eigenvalue weighted by Gasteiger charge is 2.45. The largest absolute Gasteiger partial charge is 0.382 e. The van der Waals surface area contributed by atoms with Gasteiger partial charge < -0.3 is 5.73 Å². The second-order valence-corrected chi connectivity index (χ2v) is 6.25. The van der Waals surface area contributed by atoms with Crippen LogP contribution in [0.2, 0.25) is 0 Å². The van der Waals surface area contributed by atoms with E-state index >= 15 is 0 Å². The van der Waals surface area contributed by atoms with Gasteiger partial charge in [-0.3, -0.25) is 9.20 Å². The molecule has 7 heteroatoms. The topological polar surface area (TPSA) is 60.4 Å². The molecular weight excluding hydrogens is 331 g/mol. The Kier molecular flexibility index (Phi) is 3.35. The van der Waals surface area contributed by atoms with Crippen molar-refractivity contribution in [3.63, 3.8) is 0 Å². The van der Waals surface area contributed by atoms with Crippen LogP contribution >= 0.6 is 0 Å². The number of ketones is 1. The van der Waals surface area contributed by atoms with Crippen molar-refractivity contribution < 1.29 is 18.0 Å². The average molecular weight is 345 g/mol. The second kappa shape index (κ2) is 5.34. The van der Waals surface area contributed by atoms with Crippen LogP contribution < -0.4 is 5.73 Å². The molecule has 1 aromatic carbocycles. The van der Waals surface area contributed by atoms with Gasteiger partial charge in [0.05, 0.1) is 5.92 Å². The number of pyridine rings is 1. The predicted molar refractivity (Wildman–Crippen MR) is 87.0 cm³/mol. The lowest BCUT2D eigenvalue weighted by atomic mass is 10.0. The molecule has 2 N–H and O–H groups in total. The summed E-state index contributed by atoms with van der Waals surface area (Å²) < 4.78 is 42.8. The highest BCUT2D eigenvalue weighted by Crippen LogP contribution is 2.38. The van der Waals surface area contributed by atoms with Crippen molar-refractivity contribution in [3.05, 3.63) is 53.4 Å². The SMILES string of the molecule is Cc1c(F)cccc1-c1cc(F)c2nc(N)c(C(=O)[C@@H]3C[C@@H]3F)n2c1. The number of Topliss-reactive ketones (excluding diaryl/α,β-unsaturated/α-hetero) is 1. The lowest BCUT2D eigenvalue weighted by Gasteiger charge is -2.09. The number of nitrogen functional groups attached to an aromatic ring is 1. The van der Waals surface area contributed by atoms with E-state index in [0.717, 1.165) is 0 Å². The number of benzene rings is 1. The fraction of sp³-hybridized carbons (Fsp3) is 0.222. The van der Waals surface area contributed by atoms with Crippen LogP contribution in [0.25, 0.3) is 16.8 Å². The molecule has 2 heterocycles. The molecule has 0 amide bonds. The van der Waals surface area contributed by atoms with Gasteiger partial charge >= 0.3 is 0 Å². The molecule has 4 rings (SSSR count). The number of aromatic nitrogens is 2. The Bertz CT molecular complexity index is 1030. The highest BCUT2D eigenvalue weighted by atomic mass is 19.1. The molecular formula is C18H14F3N3O. The first-order valence-electron chi connectivity index (χ1n) is 7.79. The van der Waals surface area contributed by atoms with Crippen molar-refractivity contribution >= 4 is 17.2 Å². The summed E-state index contributed by atoms with van der Waals surface area (Å²) >= 11 is 0. The van der Waals surface area contributed by atoms with E-state index in [1.54, 1.807) is 13.0 Å². The Morgan fingerprint density at radius 1 is 1.32 bits per heavy atom. The second-order valence-electron chi connectivity index (χ2n) is 6.25. The van der Waals surface area contributed by atoms with Crippen LogP contribution in [0.5, 0.6) is 0 Å². The van der Waals surface area contributed by atoms with E-state index in [-0.39, 0.29) is 23.6 Å². The van der Waals surface area contributed by atoms with E-state index in [1.165, 1.54) is 28.8 Å². The first kappa shape index (κ1) is 15.7. The number of nitrogens with zero attached hydrogens (tertiary/aromatic N) is 2. The molecule has 0 unspecified atom stereocenters. The van der Waals surface area contributed by atoms with Crippen LogP contribution in [0, 0.1) is 24.5 Å². The molecule has 0 radical (unpaired) electrons. The molecule has 2 atom stereocenters. The van der Waals surface area contributed by atoms with E-state index in [0.29, 0.717) is 16.7 Å². The number of hydrogen-bond donors (Lipinski definition) is 1. The fourth-order valence-corrected chi connectivity index (χ4v) is 3.05. The molecule has 1 saturated carbocycles. The Morgan fingerprint density at radius 2 is 2.04 bits per heavy atom. The van der Waals surface area contributed by atoms with Crippen molar-refractivity contribution in [2.45, 2.75) is 19.5 Å². The van der Waals surface area contributed by atoms with E-state index in [2.05, 4.69) is 4.98 Å². The number of fused-ring (bicyclic) bond motifs is 1. The summed E-state index contributed by atoms with van der Waals surface area (Å²) in [6.45, 7) is 1.58. The molecule has 1 fully saturated rings. The minimum absolute atomic E-state index is 0.0324. The van der Waals surface area contributed by atoms with Crippen molar-refractivity contribution in [2.75, 3.05) is 5.73 Å². The Morgan fingerprint density at radius 3 is 2.72 bits per heavy atom. The Labute approximate surface area is 141 Å². The van der Waals surface area contributed by atoms with Crippen molar-refractivity contribution in [2.24, 2.45) is 5.92 Å². The summed E-state index contributed by atoms with van der Waals surface area (Å²) in [5, 5.41) is 0. The van der Waals surface area contributed by atoms with Crippen molar-refractivity contribution in [3.8, 4) is 11.1 Å². The van der Waals surface area contributed by atoms with Gasteiger partial charge in [-0.15, -0.1) is 0 Å². The summed E-state index contributed by atoms with van der Waals surface area (Å²) in [7, 11) is 0. The van der Waals surface area contributed by atoms with E-state index < -0.39 is 29.5 Å². The van der Waals surface area contributed by atoms with E-state index in [1.807, 2.05) is 0 Å². The van der Waals surface area contributed by atoms with Crippen LogP contribution in [0.1, 0.15) is 22.5 Å². The summed E-state index contributed by atoms with van der Waals surface area (Å²) in [4.78, 5) is 16.3. The number of alkyl halides is 1. The van der Waals surface area contributed by atoms with Gasteiger partial charge in [0.25, 0.3) is 0 Å². The van der Waals surface area contributed by atoms with Crippen LogP contribution in [0.15, 0.2) is 30.5 Å². The number of halogens is 3. The molecule has 0 spiro atoms. The number of anilines is 1. The van der Waals surface area contributed by atoms with Crippen molar-refractivity contribution in [1.82, 2.24) is 9.38 Å². The molecule has 1 aliphatic rings. The fourth-order valence-electron chi connectivity index (χ4n) is 3.05. The number of imidazole rings is 1. The molecule has 3 aromatic rings. The first-order chi connectivity index (χ1) is 11.9. The molecule has 0 bridgehead atoms. The summed E-state index contributed by atoms with van der Waals surface area (Å²) in [5.74, 6) is -2.51. The zero-order valence-corrected chi connectivity index (χ0v) is 13.3. The minimum atomic E-state index is -1.20. The van der Waals surface area contributed by atoms with Gasteiger partial charge in [-0.2, -0.15) is 0 Å². The third-order valence-corrected chi connectivity index (χ3v) is 4.56. The minimum Gasteiger partial charge on any atom is -0.382 e. The van der Waals surface area contributed by atoms with Gasteiger partial charge in [0.15, 0.2) is 23.1 Å². The normalized spacial score (nSPS) is 19.4. The number of carbonyl (C=O) groups is 1. The van der Waals surface area contributed by atoms with Crippen LogP contribution in [-0.4, -0.2) is 21.3 Å². The molecule has 2 aromatic heterocycles. The lowest BCUT2D eigenvalue weighted by molar-refractivity contribution is 0.0952. The summed E-state index contributed by atoms with van der Waals surface area (Å²) in [6, 6.07) is 5.70. The monoisotopic (exact) mass is 345 g/mol. The quantitative estimate of drug-likeness (QED) is 0.736. The van der Waals surface area contributed by atoms with Gasteiger partial charge in [0.1, 0.15) is 17.7 Å². The third kappa shape index (κ3) is 2.38. The Hall–Kier alpha value is -2.83. The van der Waals surface area contributed by atoms with Gasteiger partial charge in [0.2, 0.25) is 0 Å². The molecule has 4 nitrogen and oxygen atoms in total. The maximum absolute atomic E-state index is 14.5. The van der Waals surface area contributed by atoms with E-state index in [9.17, 15) is 18.0 Å². The maximum atomic E-state index is 14.5. The highest BCUT2D eigenvalue weighted by molar-refractivity contribution is 6.03. The zero-order valence-electron chi connectivity index (χ0n) is 13.3. The molecule has 1 aliphatic carbocycles. The summed E-state index contributed by atoms with van der Waals surface area (Å²) in [5.41, 5.74) is 6.84. The average Bonchev–Trinajstić information content (AvgIpc) is 3.20. The number of rotatable bonds is 3. The summed E-state index contributed by atoms with van der Waals surface area (Å²) in [6.07, 6.45) is 0.416. The third-order valence-electron chi connectivity index (χ3n) is 4.56. The first-order valence-corrected chi connectivity index (χ1v) is 7.79. The molecule has 128 valence electrons. The number of nitrogens with two attached hydrogens (primary N) is 1. The van der Waals surface area contributed by atoms with Gasteiger partial charge in [-0.1, -0.05) is 12.1 Å². The van der Waals surface area contributed by atoms with Gasteiger partial charge in [-0.05, 0) is 36.6 Å². The lowest BCUT2D eigenvalue weighted by Crippen LogP contribution is -2.10. The van der Waals surface area contributed by atoms with E-state index in [4.69, 9.17) is 5.73 Å². The number of carbonyl (C=O) groups excluding carboxylic acids is 1. The zero-order chi connectivity index (χ0) is 17.9. The smallest absolute Gasteiger partial charge is 0.189 e. The molecule has 0 aliphatic heterocycles. The van der Waals surface area contributed by atoms with Gasteiger partial charge in [0, 0.05) is 11.8 Å². The van der Waals surface area contributed by atoms with Crippen LogP contribution in [0.4, 0.5) is 19.0 Å². The van der Waals surface area contributed by atoms with Crippen molar-refractivity contribution in [1.29, 1.82) is 0 Å². The van der Waals surface area contributed by atoms with Crippen LogP contribution in [-0.2, 0) is 0 Å². The molecule has 25 heavy (non-hydrogen) atoms. The van der Waals surface area contributed by atoms with Crippen LogP contribution in [0.3, 0.4) is 0 Å². The van der Waals surface area contributed by atoms with Gasteiger partial charge in [-0.25, -0.2) is 18.2 Å². The number of hydrogen-bond acceptors (Lipinski definition) is 3. The standard InChI is InChI=1S/C18H14F3N3O/c1-8-10(3-2-4-12(8)19)9-5-14(21)18-23-17(22)15(24(18)7-9)16(25)11-6-13(11)20/h2-5,7,11,13H,6,22H2,1H3/t11-,13+/m1/s1. The Balaban J connectivity index is 1.94. The maximum Gasteiger partial charge on any atom is 0.189 e. The predicted octanol–water partition coefficient (Wildman–Crippen LogP) is 3.71. The molecule has 0 saturated heterocycles.